The van der Waals surface area contributed by atoms with Crippen LogP contribution in [0, 0.1) is 0 Å². The Kier molecular flexibility index (Phi) is 5.38. The van der Waals surface area contributed by atoms with Crippen LogP contribution in [-0.4, -0.2) is 17.1 Å². The zero-order valence-electron chi connectivity index (χ0n) is 12.6. The molecule has 2 atom stereocenters. The normalized spacial score (nSPS) is 13.7. The molecule has 0 unspecified atom stereocenters. The van der Waals surface area contributed by atoms with Crippen LogP contribution in [0.3, 0.4) is 0 Å². The van der Waals surface area contributed by atoms with Crippen LogP contribution in [0.25, 0.3) is 0 Å². The predicted molar refractivity (Wildman–Crippen MR) is 83.4 cm³/mol. The predicted octanol–water partition coefficient (Wildman–Crippen LogP) is 3.29. The second-order valence-electron chi connectivity index (χ2n) is 5.04. The number of carbonyl (C=O) groups excluding carboxylic acids is 1. The van der Waals surface area contributed by atoms with Crippen molar-refractivity contribution < 1.29 is 9.21 Å². The number of carbonyl (C=O) groups is 1. The van der Waals surface area contributed by atoms with E-state index in [0.29, 0.717) is 6.42 Å². The molecule has 0 radical (unpaired) electrons. The molecular formula is C15H21N3O2S. The molecular weight excluding hydrogens is 286 g/mol. The fourth-order valence-corrected chi connectivity index (χ4v) is 2.84. The number of urea groups is 1. The van der Waals surface area contributed by atoms with Gasteiger partial charge in [-0.15, -0.1) is 11.3 Å². The summed E-state index contributed by atoms with van der Waals surface area (Å²) in [4.78, 5) is 16.4. The molecule has 2 rings (SSSR count). The molecule has 2 amide bonds. The number of aromatic nitrogens is 1. The lowest BCUT2D eigenvalue weighted by Crippen LogP contribution is -2.42. The molecule has 0 aliphatic carbocycles. The number of nitrogens with one attached hydrogen (secondary N) is 2. The van der Waals surface area contributed by atoms with Crippen LogP contribution in [0.2, 0.25) is 0 Å². The van der Waals surface area contributed by atoms with E-state index >= 15 is 0 Å². The van der Waals surface area contributed by atoms with Gasteiger partial charge in [-0.05, 0) is 32.4 Å². The Hall–Kier alpha value is -1.82. The van der Waals surface area contributed by atoms with Crippen molar-refractivity contribution in [1.29, 1.82) is 0 Å². The Morgan fingerprint density at radius 2 is 2.24 bits per heavy atom. The minimum Gasteiger partial charge on any atom is -0.469 e. The fourth-order valence-electron chi connectivity index (χ4n) is 2.00. The lowest BCUT2D eigenvalue weighted by Gasteiger charge is -2.16. The van der Waals surface area contributed by atoms with Gasteiger partial charge in [-0.1, -0.05) is 6.92 Å². The Balaban J connectivity index is 1.80. The molecule has 5 nitrogen and oxygen atoms in total. The van der Waals surface area contributed by atoms with Gasteiger partial charge in [0.05, 0.1) is 23.0 Å². The van der Waals surface area contributed by atoms with Gasteiger partial charge in [0, 0.05) is 17.8 Å². The van der Waals surface area contributed by atoms with E-state index in [1.54, 1.807) is 17.6 Å². The first kappa shape index (κ1) is 15.6. The average Bonchev–Trinajstić information content (AvgIpc) is 3.08. The summed E-state index contributed by atoms with van der Waals surface area (Å²) in [5, 5.41) is 8.90. The van der Waals surface area contributed by atoms with E-state index in [2.05, 4.69) is 22.5 Å². The maximum atomic E-state index is 12.0. The number of nitrogens with zero attached hydrogens (tertiary/aromatic N) is 1. The van der Waals surface area contributed by atoms with Gasteiger partial charge in [0.1, 0.15) is 5.76 Å². The van der Waals surface area contributed by atoms with Gasteiger partial charge in [-0.25, -0.2) is 9.78 Å². The highest BCUT2D eigenvalue weighted by molar-refractivity contribution is 7.09. The number of furan rings is 1. The highest BCUT2D eigenvalue weighted by Gasteiger charge is 2.14. The Labute approximate surface area is 128 Å². The average molecular weight is 307 g/mol. The van der Waals surface area contributed by atoms with Crippen molar-refractivity contribution in [2.24, 2.45) is 0 Å². The van der Waals surface area contributed by atoms with Crippen LogP contribution in [0.5, 0.6) is 0 Å². The van der Waals surface area contributed by atoms with E-state index in [-0.39, 0.29) is 18.1 Å². The molecule has 6 heteroatoms. The third-order valence-corrected chi connectivity index (χ3v) is 4.14. The second kappa shape index (κ2) is 7.26. The molecule has 0 spiro atoms. The van der Waals surface area contributed by atoms with E-state index in [4.69, 9.17) is 4.42 Å². The number of amides is 2. The van der Waals surface area contributed by atoms with Crippen molar-refractivity contribution >= 4 is 17.4 Å². The smallest absolute Gasteiger partial charge is 0.315 e. The molecule has 114 valence electrons. The number of rotatable bonds is 6. The third-order valence-electron chi connectivity index (χ3n) is 3.13. The van der Waals surface area contributed by atoms with Gasteiger partial charge < -0.3 is 15.1 Å². The molecule has 0 aliphatic heterocycles. The molecule has 0 saturated heterocycles. The van der Waals surface area contributed by atoms with Gasteiger partial charge >= 0.3 is 6.03 Å². The Bertz CT molecular complexity index is 565. The Morgan fingerprint density at radius 1 is 1.43 bits per heavy atom. The summed E-state index contributed by atoms with van der Waals surface area (Å²) in [6.45, 7) is 5.96. The van der Waals surface area contributed by atoms with Gasteiger partial charge in [0.25, 0.3) is 0 Å². The number of aryl methyl sites for hydroxylation is 1. The molecule has 0 saturated carbocycles. The topological polar surface area (TPSA) is 67.2 Å². The molecule has 2 N–H and O–H groups in total. The zero-order chi connectivity index (χ0) is 15.2. The second-order valence-corrected chi connectivity index (χ2v) is 5.99. The summed E-state index contributed by atoms with van der Waals surface area (Å²) < 4.78 is 5.27. The molecule has 0 aromatic carbocycles. The zero-order valence-corrected chi connectivity index (χ0v) is 13.4. The van der Waals surface area contributed by atoms with Crippen LogP contribution in [0.15, 0.2) is 28.2 Å². The number of hydrogen-bond acceptors (Lipinski definition) is 4. The quantitative estimate of drug-likeness (QED) is 0.860. The largest absolute Gasteiger partial charge is 0.469 e. The molecule has 0 fully saturated rings. The van der Waals surface area contributed by atoms with Crippen LogP contribution in [0.1, 0.15) is 43.3 Å². The van der Waals surface area contributed by atoms with Crippen LogP contribution >= 0.6 is 11.3 Å². The first-order chi connectivity index (χ1) is 10.1. The maximum Gasteiger partial charge on any atom is 0.315 e. The van der Waals surface area contributed by atoms with Gasteiger partial charge in [-0.3, -0.25) is 0 Å². The lowest BCUT2D eigenvalue weighted by molar-refractivity contribution is 0.234. The van der Waals surface area contributed by atoms with Crippen molar-refractivity contribution in [2.75, 3.05) is 0 Å². The molecule has 2 aromatic rings. The summed E-state index contributed by atoms with van der Waals surface area (Å²) in [5.41, 5.74) is 0.908. The van der Waals surface area contributed by atoms with Crippen LogP contribution < -0.4 is 10.6 Å². The van der Waals surface area contributed by atoms with Crippen molar-refractivity contribution in [2.45, 2.75) is 45.7 Å². The van der Waals surface area contributed by atoms with Crippen molar-refractivity contribution in [1.82, 2.24) is 15.6 Å². The van der Waals surface area contributed by atoms with Crippen molar-refractivity contribution in [3.63, 3.8) is 0 Å². The minimum absolute atomic E-state index is 0.00462. The summed E-state index contributed by atoms with van der Waals surface area (Å²) in [6.07, 6.45) is 3.23. The summed E-state index contributed by atoms with van der Waals surface area (Å²) >= 11 is 1.63. The van der Waals surface area contributed by atoms with Crippen molar-refractivity contribution in [3.8, 4) is 0 Å². The SMILES string of the molecule is CCc1nc([C@@H](C)NC(=O)N[C@@H](C)Cc2ccco2)cs1. The maximum absolute atomic E-state index is 12.0. The summed E-state index contributed by atoms with van der Waals surface area (Å²) in [7, 11) is 0. The van der Waals surface area contributed by atoms with Gasteiger partial charge in [0.2, 0.25) is 0 Å². The standard InChI is InChI=1S/C15H21N3O2S/c1-4-14-18-13(9-21-14)11(3)17-15(19)16-10(2)8-12-6-5-7-20-12/h5-7,9-11H,4,8H2,1-3H3,(H2,16,17,19)/t10-,11+/m0/s1. The molecule has 0 bridgehead atoms. The molecule has 2 heterocycles. The highest BCUT2D eigenvalue weighted by Crippen LogP contribution is 2.16. The van der Waals surface area contributed by atoms with Crippen LogP contribution in [-0.2, 0) is 12.8 Å². The fraction of sp³-hybridized carbons (Fsp3) is 0.467. The number of thiazole rings is 1. The minimum atomic E-state index is -0.187. The highest BCUT2D eigenvalue weighted by atomic mass is 32.1. The summed E-state index contributed by atoms with van der Waals surface area (Å²) in [5.74, 6) is 0.864. The van der Waals surface area contributed by atoms with E-state index in [9.17, 15) is 4.79 Å². The van der Waals surface area contributed by atoms with E-state index < -0.39 is 0 Å². The van der Waals surface area contributed by atoms with Gasteiger partial charge in [0.15, 0.2) is 0 Å². The lowest BCUT2D eigenvalue weighted by atomic mass is 10.2. The van der Waals surface area contributed by atoms with Crippen molar-refractivity contribution in [3.05, 3.63) is 40.2 Å². The monoisotopic (exact) mass is 307 g/mol. The van der Waals surface area contributed by atoms with E-state index in [1.165, 1.54) is 0 Å². The third kappa shape index (κ3) is 4.60. The number of hydrogen-bond donors (Lipinski definition) is 2. The van der Waals surface area contributed by atoms with E-state index in [0.717, 1.165) is 22.9 Å². The van der Waals surface area contributed by atoms with Gasteiger partial charge in [-0.2, -0.15) is 0 Å². The Morgan fingerprint density at radius 3 is 2.86 bits per heavy atom. The first-order valence-corrected chi connectivity index (χ1v) is 8.00. The molecule has 2 aromatic heterocycles. The first-order valence-electron chi connectivity index (χ1n) is 7.12. The molecule has 0 aliphatic rings. The van der Waals surface area contributed by atoms with Crippen LogP contribution in [0.4, 0.5) is 4.79 Å². The van der Waals surface area contributed by atoms with E-state index in [1.807, 2.05) is 31.4 Å². The molecule has 21 heavy (non-hydrogen) atoms. The summed E-state index contributed by atoms with van der Waals surface area (Å²) in [6, 6.07) is 3.47.